The molecule has 0 amide bonds. The van der Waals surface area contributed by atoms with Crippen molar-refractivity contribution in [3.8, 4) is 0 Å². The normalized spacial score (nSPS) is 24.6. The van der Waals surface area contributed by atoms with Crippen molar-refractivity contribution in [1.82, 2.24) is 0 Å². The van der Waals surface area contributed by atoms with Crippen LogP contribution in [-0.4, -0.2) is 17.9 Å². The average molecular weight is 332 g/mol. The molecular weight excluding hydrogens is 320 g/mol. The fraction of sp³-hybridized carbons (Fsp3) is 0.188. The Morgan fingerprint density at radius 3 is 2.65 bits per heavy atom. The lowest BCUT2D eigenvalue weighted by Gasteiger charge is -2.17. The molecule has 1 aromatic rings. The van der Waals surface area contributed by atoms with Crippen LogP contribution in [0.15, 0.2) is 52.5 Å². The van der Waals surface area contributed by atoms with Crippen LogP contribution in [0.3, 0.4) is 0 Å². The Morgan fingerprint density at radius 2 is 2.00 bits per heavy atom. The van der Waals surface area contributed by atoms with E-state index in [0.717, 1.165) is 10.0 Å². The van der Waals surface area contributed by atoms with Gasteiger partial charge in [-0.2, -0.15) is 0 Å². The van der Waals surface area contributed by atoms with Gasteiger partial charge in [-0.3, -0.25) is 9.59 Å². The first kappa shape index (κ1) is 13.3. The summed E-state index contributed by atoms with van der Waals surface area (Å²) in [5, 5.41) is 0. The molecule has 2 atom stereocenters. The second kappa shape index (κ2) is 5.37. The molecule has 0 unspecified atom stereocenters. The molecule has 0 N–H and O–H groups in total. The molecule has 0 saturated carbocycles. The number of rotatable bonds is 3. The molecule has 4 heteroatoms. The van der Waals surface area contributed by atoms with Crippen molar-refractivity contribution in [2.75, 3.05) is 0 Å². The van der Waals surface area contributed by atoms with Gasteiger partial charge in [-0.05, 0) is 17.7 Å². The number of carbonyl (C=O) groups excluding carboxylic acids is 2. The first-order valence-corrected chi connectivity index (χ1v) is 7.15. The summed E-state index contributed by atoms with van der Waals surface area (Å²) in [5.41, 5.74) is 1.49. The fourth-order valence-corrected chi connectivity index (χ4v) is 2.76. The summed E-state index contributed by atoms with van der Waals surface area (Å²) in [5.74, 6) is -0.799. The summed E-state index contributed by atoms with van der Waals surface area (Å²) in [6, 6.07) is 7.17. The first-order chi connectivity index (χ1) is 9.65. The van der Waals surface area contributed by atoms with E-state index in [0.29, 0.717) is 5.56 Å². The molecule has 1 saturated heterocycles. The number of Topliss-reactive ketones (excluding diaryl/α,β-unsaturated/α-hetero) is 1. The summed E-state index contributed by atoms with van der Waals surface area (Å²) in [6.45, 7) is 0. The number of ether oxygens (including phenoxy) is 1. The van der Waals surface area contributed by atoms with Gasteiger partial charge in [-0.15, -0.1) is 0 Å². The summed E-state index contributed by atoms with van der Waals surface area (Å²) < 4.78 is 6.23. The van der Waals surface area contributed by atoms with Crippen molar-refractivity contribution < 1.29 is 14.3 Å². The van der Waals surface area contributed by atoms with E-state index in [-0.39, 0.29) is 18.2 Å². The van der Waals surface area contributed by atoms with E-state index in [1.54, 1.807) is 12.1 Å². The zero-order valence-electron chi connectivity index (χ0n) is 10.6. The average Bonchev–Trinajstić information content (AvgIpc) is 3.07. The first-order valence-electron chi connectivity index (χ1n) is 6.36. The van der Waals surface area contributed by atoms with Crippen LogP contribution in [0, 0.1) is 12.3 Å². The molecular formula is C16H12BrO3. The molecule has 1 heterocycles. The summed E-state index contributed by atoms with van der Waals surface area (Å²) >= 11 is 3.34. The summed E-state index contributed by atoms with van der Waals surface area (Å²) in [6.07, 6.45) is 7.19. The Hall–Kier alpha value is -1.68. The topological polar surface area (TPSA) is 43.4 Å². The Labute approximate surface area is 125 Å². The van der Waals surface area contributed by atoms with E-state index in [2.05, 4.69) is 15.9 Å². The smallest absolute Gasteiger partial charge is 0.307 e. The summed E-state index contributed by atoms with van der Waals surface area (Å²) in [7, 11) is 0. The Morgan fingerprint density at radius 1 is 1.25 bits per heavy atom. The highest BCUT2D eigenvalue weighted by molar-refractivity contribution is 9.10. The number of hydrogen-bond acceptors (Lipinski definition) is 3. The van der Waals surface area contributed by atoms with Gasteiger partial charge < -0.3 is 4.74 Å². The number of carbonyl (C=O) groups is 2. The van der Waals surface area contributed by atoms with Gasteiger partial charge in [0.05, 0.1) is 12.3 Å². The molecule has 1 aromatic carbocycles. The SMILES string of the molecule is O=C1C[C@@H](C(=O)c2ccc(Br)cc2)[C@H](C2=C[CH]C=C2)O1. The van der Waals surface area contributed by atoms with Crippen LogP contribution in [0.4, 0.5) is 0 Å². The van der Waals surface area contributed by atoms with Gasteiger partial charge in [-0.1, -0.05) is 46.3 Å². The van der Waals surface area contributed by atoms with Crippen molar-refractivity contribution in [2.45, 2.75) is 12.5 Å². The monoisotopic (exact) mass is 331 g/mol. The maximum absolute atomic E-state index is 12.6. The van der Waals surface area contributed by atoms with E-state index in [9.17, 15) is 9.59 Å². The van der Waals surface area contributed by atoms with E-state index in [1.165, 1.54) is 0 Å². The lowest BCUT2D eigenvalue weighted by Crippen LogP contribution is -2.25. The van der Waals surface area contributed by atoms with Crippen LogP contribution in [-0.2, 0) is 9.53 Å². The maximum Gasteiger partial charge on any atom is 0.307 e. The van der Waals surface area contributed by atoms with Crippen LogP contribution in [0.5, 0.6) is 0 Å². The standard InChI is InChI=1S/C16H12BrO3/c17-12-7-5-10(6-8-12)15(19)13-9-14(18)20-16(13)11-3-1-2-4-11/h1-8,13,16H,9H2/t13-,16-/m0/s1. The van der Waals surface area contributed by atoms with Crippen molar-refractivity contribution >= 4 is 27.7 Å². The zero-order valence-corrected chi connectivity index (χ0v) is 12.2. The second-order valence-corrected chi connectivity index (χ2v) is 5.73. The molecule has 2 aliphatic rings. The maximum atomic E-state index is 12.6. The van der Waals surface area contributed by atoms with Gasteiger partial charge in [0.1, 0.15) is 6.10 Å². The Balaban J connectivity index is 1.87. The van der Waals surface area contributed by atoms with Crippen LogP contribution in [0.25, 0.3) is 0 Å². The van der Waals surface area contributed by atoms with Crippen LogP contribution in [0.2, 0.25) is 0 Å². The largest absolute Gasteiger partial charge is 0.457 e. The summed E-state index contributed by atoms with van der Waals surface area (Å²) in [4.78, 5) is 24.1. The van der Waals surface area contributed by atoms with E-state index in [4.69, 9.17) is 4.74 Å². The highest BCUT2D eigenvalue weighted by Crippen LogP contribution is 2.33. The van der Waals surface area contributed by atoms with E-state index < -0.39 is 12.0 Å². The number of ketones is 1. The number of benzene rings is 1. The van der Waals surface area contributed by atoms with E-state index in [1.807, 2.05) is 36.8 Å². The van der Waals surface area contributed by atoms with Gasteiger partial charge >= 0.3 is 5.97 Å². The Bertz CT molecular complexity index is 613. The molecule has 1 aliphatic carbocycles. The molecule has 0 bridgehead atoms. The third-order valence-electron chi connectivity index (χ3n) is 3.49. The van der Waals surface area contributed by atoms with Crippen molar-refractivity contribution in [1.29, 1.82) is 0 Å². The quantitative estimate of drug-likeness (QED) is 0.630. The van der Waals surface area contributed by atoms with Crippen LogP contribution >= 0.6 is 15.9 Å². The van der Waals surface area contributed by atoms with Crippen molar-refractivity contribution in [2.24, 2.45) is 5.92 Å². The van der Waals surface area contributed by atoms with Gasteiger partial charge in [0.15, 0.2) is 5.78 Å². The van der Waals surface area contributed by atoms with Crippen LogP contribution < -0.4 is 0 Å². The fourth-order valence-electron chi connectivity index (χ4n) is 2.50. The predicted octanol–water partition coefficient (Wildman–Crippen LogP) is 3.26. The molecule has 1 fully saturated rings. The molecule has 0 aromatic heterocycles. The third kappa shape index (κ3) is 2.48. The number of cyclic esters (lactones) is 1. The van der Waals surface area contributed by atoms with Gasteiger partial charge in [0.25, 0.3) is 0 Å². The number of halogens is 1. The van der Waals surface area contributed by atoms with Crippen LogP contribution in [0.1, 0.15) is 16.8 Å². The Kier molecular flexibility index (Phi) is 3.57. The van der Waals surface area contributed by atoms with Crippen molar-refractivity contribution in [3.63, 3.8) is 0 Å². The number of allylic oxidation sites excluding steroid dienone is 2. The molecule has 101 valence electrons. The predicted molar refractivity (Wildman–Crippen MR) is 78.0 cm³/mol. The molecule has 20 heavy (non-hydrogen) atoms. The van der Waals surface area contributed by atoms with Gasteiger partial charge in [-0.25, -0.2) is 0 Å². The molecule has 3 nitrogen and oxygen atoms in total. The second-order valence-electron chi connectivity index (χ2n) is 4.81. The molecule has 3 rings (SSSR count). The minimum Gasteiger partial charge on any atom is -0.457 e. The minimum absolute atomic E-state index is 0.0467. The number of hydrogen-bond donors (Lipinski definition) is 0. The highest BCUT2D eigenvalue weighted by Gasteiger charge is 2.41. The number of esters is 1. The van der Waals surface area contributed by atoms with Gasteiger partial charge in [0, 0.05) is 16.5 Å². The van der Waals surface area contributed by atoms with E-state index >= 15 is 0 Å². The third-order valence-corrected chi connectivity index (χ3v) is 4.02. The lowest BCUT2D eigenvalue weighted by molar-refractivity contribution is -0.140. The molecule has 1 radical (unpaired) electrons. The minimum atomic E-state index is -0.464. The lowest BCUT2D eigenvalue weighted by atomic mass is 9.88. The highest BCUT2D eigenvalue weighted by atomic mass is 79.9. The molecule has 0 spiro atoms. The zero-order chi connectivity index (χ0) is 14.1. The molecule has 1 aliphatic heterocycles. The van der Waals surface area contributed by atoms with Gasteiger partial charge in [0.2, 0.25) is 0 Å². The van der Waals surface area contributed by atoms with Crippen molar-refractivity contribution in [3.05, 3.63) is 64.5 Å².